The molecule has 2 rings (SSSR count). The van der Waals surface area contributed by atoms with Gasteiger partial charge in [-0.15, -0.1) is 0 Å². The Bertz CT molecular complexity index is 529. The van der Waals surface area contributed by atoms with E-state index >= 15 is 0 Å². The predicted octanol–water partition coefficient (Wildman–Crippen LogP) is 4.00. The molecule has 1 heterocycles. The van der Waals surface area contributed by atoms with Crippen LogP contribution in [0.2, 0.25) is 10.0 Å². The van der Waals surface area contributed by atoms with Crippen LogP contribution in [0.1, 0.15) is 11.1 Å². The van der Waals surface area contributed by atoms with E-state index in [2.05, 4.69) is 4.98 Å². The van der Waals surface area contributed by atoms with Crippen molar-refractivity contribution in [1.29, 1.82) is 0 Å². The molecule has 2 aromatic rings. The Morgan fingerprint density at radius 1 is 1.06 bits per heavy atom. The molecule has 0 saturated carbocycles. The zero-order chi connectivity index (χ0) is 12.3. The van der Waals surface area contributed by atoms with Crippen molar-refractivity contribution in [2.75, 3.05) is 7.11 Å². The molecule has 1 radical (unpaired) electrons. The van der Waals surface area contributed by atoms with E-state index in [1.165, 1.54) is 0 Å². The summed E-state index contributed by atoms with van der Waals surface area (Å²) in [7, 11) is 1.61. The average molecular weight is 267 g/mol. The minimum Gasteiger partial charge on any atom is -0.495 e. The van der Waals surface area contributed by atoms with Crippen LogP contribution in [0.3, 0.4) is 0 Å². The van der Waals surface area contributed by atoms with Gasteiger partial charge >= 0.3 is 0 Å². The Morgan fingerprint density at radius 3 is 2.59 bits per heavy atom. The third kappa shape index (κ3) is 3.11. The quantitative estimate of drug-likeness (QED) is 0.838. The van der Waals surface area contributed by atoms with Gasteiger partial charge in [-0.3, -0.25) is 4.98 Å². The molecule has 4 heteroatoms. The average Bonchev–Trinajstić information content (AvgIpc) is 2.34. The van der Waals surface area contributed by atoms with Crippen molar-refractivity contribution in [2.24, 2.45) is 0 Å². The summed E-state index contributed by atoms with van der Waals surface area (Å²) in [4.78, 5) is 4.08. The van der Waals surface area contributed by atoms with Crippen molar-refractivity contribution >= 4 is 23.2 Å². The molecule has 17 heavy (non-hydrogen) atoms. The van der Waals surface area contributed by atoms with Gasteiger partial charge in [0.2, 0.25) is 0 Å². The minimum atomic E-state index is 0.538. The van der Waals surface area contributed by atoms with E-state index in [-0.39, 0.29) is 0 Å². The monoisotopic (exact) mass is 266 g/mol. The second-order valence-electron chi connectivity index (χ2n) is 3.48. The molecule has 0 atom stereocenters. The van der Waals surface area contributed by atoms with Crippen LogP contribution in [0.4, 0.5) is 0 Å². The topological polar surface area (TPSA) is 22.1 Å². The highest BCUT2D eigenvalue weighted by atomic mass is 35.5. The second kappa shape index (κ2) is 5.39. The number of nitrogens with zero attached hydrogens (tertiary/aromatic N) is 1. The maximum Gasteiger partial charge on any atom is 0.137 e. The Kier molecular flexibility index (Phi) is 3.87. The molecule has 0 amide bonds. The minimum absolute atomic E-state index is 0.538. The molecular weight excluding hydrogens is 257 g/mol. The van der Waals surface area contributed by atoms with Gasteiger partial charge in [0.15, 0.2) is 0 Å². The summed E-state index contributed by atoms with van der Waals surface area (Å²) in [5.41, 5.74) is 1.91. The zero-order valence-electron chi connectivity index (χ0n) is 9.15. The Balaban J connectivity index is 2.22. The van der Waals surface area contributed by atoms with Crippen LogP contribution in [0.25, 0.3) is 0 Å². The Hall–Kier alpha value is -1.25. The highest BCUT2D eigenvalue weighted by molar-refractivity contribution is 6.42. The molecule has 0 saturated heterocycles. The summed E-state index contributed by atoms with van der Waals surface area (Å²) >= 11 is 11.8. The van der Waals surface area contributed by atoms with Crippen molar-refractivity contribution in [1.82, 2.24) is 4.98 Å². The lowest BCUT2D eigenvalue weighted by Crippen LogP contribution is -1.90. The summed E-state index contributed by atoms with van der Waals surface area (Å²) < 4.78 is 5.11. The normalized spacial score (nSPS) is 10.3. The molecule has 0 N–H and O–H groups in total. The maximum atomic E-state index is 5.95. The van der Waals surface area contributed by atoms with Crippen LogP contribution in [0.15, 0.2) is 36.7 Å². The highest BCUT2D eigenvalue weighted by Crippen LogP contribution is 2.25. The van der Waals surface area contributed by atoms with E-state index in [1.54, 1.807) is 25.6 Å². The van der Waals surface area contributed by atoms with Gasteiger partial charge in [-0.1, -0.05) is 29.3 Å². The maximum absolute atomic E-state index is 5.95. The molecule has 2 nitrogen and oxygen atoms in total. The van der Waals surface area contributed by atoms with Gasteiger partial charge in [-0.25, -0.2) is 0 Å². The number of halogens is 2. The van der Waals surface area contributed by atoms with Crippen molar-refractivity contribution < 1.29 is 4.74 Å². The third-order valence-electron chi connectivity index (χ3n) is 2.25. The third-order valence-corrected chi connectivity index (χ3v) is 2.99. The van der Waals surface area contributed by atoms with Gasteiger partial charge in [0.25, 0.3) is 0 Å². The molecular formula is C13H10Cl2NO. The second-order valence-corrected chi connectivity index (χ2v) is 4.29. The molecule has 1 aromatic heterocycles. The number of hydrogen-bond donors (Lipinski definition) is 0. The number of pyridine rings is 1. The molecule has 0 aliphatic carbocycles. The van der Waals surface area contributed by atoms with Gasteiger partial charge < -0.3 is 4.74 Å². The first-order valence-electron chi connectivity index (χ1n) is 4.98. The fourth-order valence-corrected chi connectivity index (χ4v) is 1.73. The van der Waals surface area contributed by atoms with Crippen LogP contribution in [-0.2, 0) is 0 Å². The van der Waals surface area contributed by atoms with Crippen molar-refractivity contribution in [3.05, 3.63) is 64.3 Å². The van der Waals surface area contributed by atoms with Crippen molar-refractivity contribution in [2.45, 2.75) is 0 Å². The summed E-state index contributed by atoms with van der Waals surface area (Å²) in [5, 5.41) is 1.09. The molecule has 87 valence electrons. The fourth-order valence-electron chi connectivity index (χ4n) is 1.42. The lowest BCUT2D eigenvalue weighted by molar-refractivity contribution is 0.412. The largest absolute Gasteiger partial charge is 0.495 e. The first-order valence-corrected chi connectivity index (χ1v) is 5.73. The van der Waals surface area contributed by atoms with Gasteiger partial charge in [0, 0.05) is 12.6 Å². The predicted molar refractivity (Wildman–Crippen MR) is 69.8 cm³/mol. The Labute approximate surface area is 110 Å². The van der Waals surface area contributed by atoms with Crippen LogP contribution in [0, 0.1) is 6.42 Å². The first-order chi connectivity index (χ1) is 8.19. The van der Waals surface area contributed by atoms with E-state index in [4.69, 9.17) is 27.9 Å². The van der Waals surface area contributed by atoms with Crippen molar-refractivity contribution in [3.8, 4) is 5.75 Å². The van der Waals surface area contributed by atoms with Crippen LogP contribution >= 0.6 is 23.2 Å². The standard InChI is InChI=1S/C13H10Cl2NO/c1-17-11-5-10(7-16-8-11)4-9-2-3-12(14)13(15)6-9/h2-8H,1H3. The number of benzene rings is 1. The van der Waals surface area contributed by atoms with Crippen LogP contribution in [-0.4, -0.2) is 12.1 Å². The van der Waals surface area contributed by atoms with Gasteiger partial charge in [0.05, 0.1) is 23.4 Å². The number of rotatable bonds is 3. The molecule has 0 aliphatic rings. The fraction of sp³-hybridized carbons (Fsp3) is 0.0769. The lowest BCUT2D eigenvalue weighted by Gasteiger charge is -2.04. The molecule has 0 fully saturated rings. The number of methoxy groups -OCH3 is 1. The van der Waals surface area contributed by atoms with Gasteiger partial charge in [-0.2, -0.15) is 0 Å². The highest BCUT2D eigenvalue weighted by Gasteiger charge is 2.03. The van der Waals surface area contributed by atoms with Gasteiger partial charge in [-0.05, 0) is 29.3 Å². The lowest BCUT2D eigenvalue weighted by atomic mass is 10.1. The Morgan fingerprint density at radius 2 is 1.88 bits per heavy atom. The van der Waals surface area contributed by atoms with E-state index in [1.807, 2.05) is 24.6 Å². The number of hydrogen-bond acceptors (Lipinski definition) is 2. The SMILES string of the molecule is COc1cncc([CH]c2ccc(Cl)c(Cl)c2)c1. The first kappa shape index (κ1) is 12.2. The van der Waals surface area contributed by atoms with E-state index in [0.717, 1.165) is 16.9 Å². The van der Waals surface area contributed by atoms with Crippen molar-refractivity contribution in [3.63, 3.8) is 0 Å². The summed E-state index contributed by atoms with van der Waals surface area (Å²) in [6, 6.07) is 7.37. The summed E-state index contributed by atoms with van der Waals surface area (Å²) in [6.07, 6.45) is 5.37. The molecule has 0 aliphatic heterocycles. The number of aromatic nitrogens is 1. The van der Waals surface area contributed by atoms with Gasteiger partial charge in [0.1, 0.15) is 5.75 Å². The van der Waals surface area contributed by atoms with Crippen LogP contribution < -0.4 is 4.74 Å². The van der Waals surface area contributed by atoms with Crippen LogP contribution in [0.5, 0.6) is 5.75 Å². The molecule has 0 unspecified atom stereocenters. The molecule has 0 spiro atoms. The van der Waals surface area contributed by atoms with E-state index in [9.17, 15) is 0 Å². The summed E-state index contributed by atoms with van der Waals surface area (Å²) in [5.74, 6) is 0.721. The number of ether oxygens (including phenoxy) is 1. The smallest absolute Gasteiger partial charge is 0.137 e. The molecule has 0 bridgehead atoms. The zero-order valence-corrected chi connectivity index (χ0v) is 10.7. The molecule has 1 aromatic carbocycles. The summed E-state index contributed by atoms with van der Waals surface area (Å²) in [6.45, 7) is 0. The van der Waals surface area contributed by atoms with E-state index < -0.39 is 0 Å². The van der Waals surface area contributed by atoms with E-state index in [0.29, 0.717) is 10.0 Å².